The molecule has 0 bridgehead atoms. The van der Waals surface area contributed by atoms with Gasteiger partial charge in [-0.2, -0.15) is 13.2 Å². The number of hydrogen-bond acceptors (Lipinski definition) is 3. The summed E-state index contributed by atoms with van der Waals surface area (Å²) in [6.07, 6.45) is -5.99. The molecule has 0 aromatic heterocycles. The van der Waals surface area contributed by atoms with Crippen molar-refractivity contribution in [2.75, 3.05) is 26.2 Å². The molecule has 0 radical (unpaired) electrons. The van der Waals surface area contributed by atoms with Gasteiger partial charge in [0.1, 0.15) is 18.8 Å². The van der Waals surface area contributed by atoms with Gasteiger partial charge in [0, 0.05) is 31.7 Å². The number of alkyl halides is 3. The van der Waals surface area contributed by atoms with Crippen molar-refractivity contribution in [3.05, 3.63) is 65.2 Å². The maximum atomic E-state index is 12.7. The normalized spacial score (nSPS) is 14.8. The van der Waals surface area contributed by atoms with E-state index in [1.165, 1.54) is 5.56 Å². The standard InChI is InChI=1S/C25H29F3N2O3/c1-24(2,3)20-8-10-21(11-9-20)33-17-18-4-6-19(7-5-18)23(32)30-14-12-29(13-15-30)22(31)16-25(26,27)28/h4-11H,12-17H2,1-3H3. The van der Waals surface area contributed by atoms with Crippen molar-refractivity contribution in [3.63, 3.8) is 0 Å². The van der Waals surface area contributed by atoms with E-state index in [1.807, 2.05) is 36.4 Å². The maximum absolute atomic E-state index is 12.7. The molecule has 2 amide bonds. The summed E-state index contributed by atoms with van der Waals surface area (Å²) in [6, 6.07) is 15.0. The average molecular weight is 463 g/mol. The molecule has 1 aliphatic rings. The highest BCUT2D eigenvalue weighted by molar-refractivity contribution is 5.94. The highest BCUT2D eigenvalue weighted by Crippen LogP contribution is 2.25. The zero-order chi connectivity index (χ0) is 24.2. The molecule has 1 fully saturated rings. The minimum Gasteiger partial charge on any atom is -0.489 e. The van der Waals surface area contributed by atoms with E-state index in [4.69, 9.17) is 4.74 Å². The van der Waals surface area contributed by atoms with Crippen LogP contribution in [0.25, 0.3) is 0 Å². The SMILES string of the molecule is CC(C)(C)c1ccc(OCc2ccc(C(=O)N3CCN(C(=O)CC(F)(F)F)CC3)cc2)cc1. The predicted octanol–water partition coefficient (Wildman–Crippen LogP) is 4.80. The summed E-state index contributed by atoms with van der Waals surface area (Å²) in [7, 11) is 0. The van der Waals surface area contributed by atoms with Gasteiger partial charge in [0.05, 0.1) is 0 Å². The minimum atomic E-state index is -4.52. The lowest BCUT2D eigenvalue weighted by Gasteiger charge is -2.35. The summed E-state index contributed by atoms with van der Waals surface area (Å²) >= 11 is 0. The number of hydrogen-bond donors (Lipinski definition) is 0. The largest absolute Gasteiger partial charge is 0.489 e. The van der Waals surface area contributed by atoms with Gasteiger partial charge in [-0.25, -0.2) is 0 Å². The van der Waals surface area contributed by atoms with E-state index < -0.39 is 18.5 Å². The zero-order valence-electron chi connectivity index (χ0n) is 19.1. The molecule has 3 rings (SSSR count). The molecule has 5 nitrogen and oxygen atoms in total. The minimum absolute atomic E-state index is 0.0755. The Morgan fingerprint density at radius 3 is 1.91 bits per heavy atom. The number of ether oxygens (including phenoxy) is 1. The number of carbonyl (C=O) groups is 2. The molecule has 0 aliphatic carbocycles. The number of carbonyl (C=O) groups excluding carboxylic acids is 2. The van der Waals surface area contributed by atoms with Gasteiger partial charge >= 0.3 is 6.18 Å². The molecule has 0 spiro atoms. The van der Waals surface area contributed by atoms with E-state index in [1.54, 1.807) is 17.0 Å². The Hall–Kier alpha value is -3.03. The second-order valence-electron chi connectivity index (χ2n) is 9.22. The summed E-state index contributed by atoms with van der Waals surface area (Å²) in [5.41, 5.74) is 2.70. The molecule has 33 heavy (non-hydrogen) atoms. The van der Waals surface area contributed by atoms with Crippen LogP contribution in [0.4, 0.5) is 13.2 Å². The van der Waals surface area contributed by atoms with Crippen molar-refractivity contribution in [2.24, 2.45) is 0 Å². The molecule has 0 atom stereocenters. The number of amides is 2. The van der Waals surface area contributed by atoms with Crippen LogP contribution in [0.15, 0.2) is 48.5 Å². The third-order valence-electron chi connectivity index (χ3n) is 5.60. The van der Waals surface area contributed by atoms with E-state index >= 15 is 0 Å². The third kappa shape index (κ3) is 6.97. The lowest BCUT2D eigenvalue weighted by atomic mass is 9.87. The molecular weight excluding hydrogens is 433 g/mol. The van der Waals surface area contributed by atoms with Gasteiger partial charge in [-0.1, -0.05) is 45.0 Å². The first kappa shape index (κ1) is 24.6. The van der Waals surface area contributed by atoms with Crippen molar-refractivity contribution in [1.82, 2.24) is 9.80 Å². The van der Waals surface area contributed by atoms with Crippen molar-refractivity contribution >= 4 is 11.8 Å². The predicted molar refractivity (Wildman–Crippen MR) is 119 cm³/mol. The Kier molecular flexibility index (Phi) is 7.34. The Balaban J connectivity index is 1.50. The van der Waals surface area contributed by atoms with Crippen LogP contribution in [0, 0.1) is 0 Å². The monoisotopic (exact) mass is 462 g/mol. The highest BCUT2D eigenvalue weighted by Gasteiger charge is 2.35. The molecule has 1 aliphatic heterocycles. The number of benzene rings is 2. The van der Waals surface area contributed by atoms with Gasteiger partial charge in [-0.3, -0.25) is 9.59 Å². The first-order valence-corrected chi connectivity index (χ1v) is 10.9. The van der Waals surface area contributed by atoms with Gasteiger partial charge in [-0.15, -0.1) is 0 Å². The van der Waals surface area contributed by atoms with Crippen LogP contribution >= 0.6 is 0 Å². The van der Waals surface area contributed by atoms with E-state index in [2.05, 4.69) is 20.8 Å². The van der Waals surface area contributed by atoms with Crippen molar-refractivity contribution in [1.29, 1.82) is 0 Å². The molecule has 0 unspecified atom stereocenters. The summed E-state index contributed by atoms with van der Waals surface area (Å²) in [5.74, 6) is -0.392. The van der Waals surface area contributed by atoms with Crippen molar-refractivity contribution < 1.29 is 27.5 Å². The van der Waals surface area contributed by atoms with E-state index in [9.17, 15) is 22.8 Å². The van der Waals surface area contributed by atoms with Gasteiger partial charge in [0.2, 0.25) is 5.91 Å². The summed E-state index contributed by atoms with van der Waals surface area (Å²) < 4.78 is 43.1. The molecule has 0 saturated carbocycles. The number of nitrogens with zero attached hydrogens (tertiary/aromatic N) is 2. The topological polar surface area (TPSA) is 49.9 Å². The fourth-order valence-electron chi connectivity index (χ4n) is 3.59. The van der Waals surface area contributed by atoms with Crippen molar-refractivity contribution in [2.45, 2.75) is 45.4 Å². The van der Waals surface area contributed by atoms with Crippen LogP contribution in [0.5, 0.6) is 5.75 Å². The number of halogens is 3. The lowest BCUT2D eigenvalue weighted by molar-refractivity contribution is -0.162. The van der Waals surface area contributed by atoms with Gasteiger partial charge in [0.15, 0.2) is 0 Å². The van der Waals surface area contributed by atoms with Crippen molar-refractivity contribution in [3.8, 4) is 5.75 Å². The van der Waals surface area contributed by atoms with E-state index in [0.29, 0.717) is 12.2 Å². The van der Waals surface area contributed by atoms with Gasteiger partial charge in [0.25, 0.3) is 5.91 Å². The van der Waals surface area contributed by atoms with Crippen LogP contribution in [0.1, 0.15) is 48.7 Å². The Bertz CT molecular complexity index is 956. The first-order valence-electron chi connectivity index (χ1n) is 10.9. The second-order valence-corrected chi connectivity index (χ2v) is 9.22. The lowest BCUT2D eigenvalue weighted by Crippen LogP contribution is -2.51. The average Bonchev–Trinajstić information content (AvgIpc) is 2.76. The number of rotatable bonds is 5. The van der Waals surface area contributed by atoms with Crippen LogP contribution < -0.4 is 4.74 Å². The third-order valence-corrected chi connectivity index (χ3v) is 5.60. The Morgan fingerprint density at radius 2 is 1.39 bits per heavy atom. The smallest absolute Gasteiger partial charge is 0.397 e. The first-order chi connectivity index (χ1) is 15.4. The highest BCUT2D eigenvalue weighted by atomic mass is 19.4. The van der Waals surface area contributed by atoms with Gasteiger partial charge < -0.3 is 14.5 Å². The second kappa shape index (κ2) is 9.85. The molecular formula is C25H29F3N2O3. The summed E-state index contributed by atoms with van der Waals surface area (Å²) in [4.78, 5) is 27.1. The van der Waals surface area contributed by atoms with E-state index in [0.717, 1.165) is 16.2 Å². The fraction of sp³-hybridized carbons (Fsp3) is 0.440. The molecule has 0 N–H and O–H groups in total. The maximum Gasteiger partial charge on any atom is 0.397 e. The number of piperazine rings is 1. The Morgan fingerprint density at radius 1 is 0.848 bits per heavy atom. The fourth-order valence-corrected chi connectivity index (χ4v) is 3.59. The quantitative estimate of drug-likeness (QED) is 0.642. The molecule has 1 heterocycles. The van der Waals surface area contributed by atoms with Crippen LogP contribution in [0.3, 0.4) is 0 Å². The molecule has 2 aromatic rings. The van der Waals surface area contributed by atoms with Crippen LogP contribution in [0.2, 0.25) is 0 Å². The summed E-state index contributed by atoms with van der Waals surface area (Å²) in [5, 5.41) is 0. The van der Waals surface area contributed by atoms with Crippen LogP contribution in [-0.2, 0) is 16.8 Å². The molecule has 1 saturated heterocycles. The van der Waals surface area contributed by atoms with Crippen LogP contribution in [-0.4, -0.2) is 54.0 Å². The zero-order valence-corrected chi connectivity index (χ0v) is 19.1. The van der Waals surface area contributed by atoms with Gasteiger partial charge in [-0.05, 0) is 40.8 Å². The molecule has 2 aromatic carbocycles. The molecule has 8 heteroatoms. The Labute approximate surface area is 192 Å². The summed E-state index contributed by atoms with van der Waals surface area (Å²) in [6.45, 7) is 7.43. The molecule has 178 valence electrons. The van der Waals surface area contributed by atoms with E-state index in [-0.39, 0.29) is 37.5 Å².